The summed E-state index contributed by atoms with van der Waals surface area (Å²) in [6.07, 6.45) is 47.8. The van der Waals surface area contributed by atoms with Crippen molar-refractivity contribution in [3.8, 4) is 0 Å². The molecule has 0 fully saturated rings. The lowest BCUT2D eigenvalue weighted by Crippen LogP contribution is -1.90. The van der Waals surface area contributed by atoms with E-state index in [1.54, 1.807) is 21.9 Å². The van der Waals surface area contributed by atoms with Gasteiger partial charge in [-0.2, -0.15) is 0 Å². The van der Waals surface area contributed by atoms with E-state index in [-0.39, 0.29) is 20.4 Å². The molecule has 0 N–H and O–H groups in total. The maximum atomic E-state index is 2.31. The highest BCUT2D eigenvalue weighted by molar-refractivity contribution is 6.35. The lowest BCUT2D eigenvalue weighted by Gasteiger charge is -2.04. The van der Waals surface area contributed by atoms with Crippen molar-refractivity contribution in [1.29, 1.82) is 0 Å². The van der Waals surface area contributed by atoms with Gasteiger partial charge in [-0.1, -0.05) is 219 Å². The molecule has 0 heterocycles. The zero-order valence-corrected chi connectivity index (χ0v) is 28.2. The molecule has 0 aromatic rings. The second kappa shape index (κ2) is 36.8. The monoisotopic (exact) mass is 531 g/mol. The van der Waals surface area contributed by atoms with E-state index in [1.165, 1.54) is 193 Å². The lowest BCUT2D eigenvalue weighted by atomic mass is 10.0. The number of unbranched alkanes of at least 4 members (excludes halogenated alkanes) is 30. The average Bonchev–Trinajstić information content (AvgIpc) is 2.91. The number of rotatable bonds is 34. The molecule has 0 rings (SSSR count). The van der Waals surface area contributed by atoms with Gasteiger partial charge >= 0.3 is 20.4 Å². The van der Waals surface area contributed by atoms with Gasteiger partial charge in [0.05, 0.1) is 0 Å². The fraction of sp³-hybridized carbons (Fsp3) is 1.00. The summed E-state index contributed by atoms with van der Waals surface area (Å²) < 4.78 is 3.27. The zero-order valence-electron chi connectivity index (χ0n) is 26.7. The minimum absolute atomic E-state index is 0.282. The molecule has 0 aromatic heterocycles. The molecule has 0 atom stereocenters. The summed E-state index contributed by atoms with van der Waals surface area (Å²) in [5.41, 5.74) is 0. The van der Waals surface area contributed by atoms with Gasteiger partial charge in [-0.25, -0.2) is 0 Å². The van der Waals surface area contributed by atoms with E-state index in [1.807, 2.05) is 0 Å². The molecule has 0 unspecified atom stereocenters. The van der Waals surface area contributed by atoms with Crippen molar-refractivity contribution in [2.24, 2.45) is 0 Å². The third-order valence-corrected chi connectivity index (χ3v) is 10.7. The van der Waals surface area contributed by atoms with Crippen LogP contribution in [0.5, 0.6) is 0 Å². The van der Waals surface area contributed by atoms with Crippen LogP contribution in [0.15, 0.2) is 0 Å². The van der Waals surface area contributed by atoms with Crippen LogP contribution < -0.4 is 0 Å². The van der Waals surface area contributed by atoms with Crippen LogP contribution in [0.25, 0.3) is 0 Å². The Bertz CT molecular complexity index is 332. The largest absolute Gasteiger partial charge is 0.364 e. The minimum atomic E-state index is 0.282. The van der Waals surface area contributed by atoms with Gasteiger partial charge in [0.25, 0.3) is 0 Å². The molecule has 37 heavy (non-hydrogen) atoms. The maximum Gasteiger partial charge on any atom is 0.364 e. The Labute approximate surface area is 247 Å². The molecule has 0 spiro atoms. The van der Waals surface area contributed by atoms with Crippen molar-refractivity contribution in [3.63, 3.8) is 0 Å². The van der Waals surface area contributed by atoms with E-state index >= 15 is 0 Å². The molecular formula is C36H74Mg. The average molecular weight is 531 g/mol. The topological polar surface area (TPSA) is 0 Å². The second-order valence-corrected chi connectivity index (χ2v) is 14.8. The Kier molecular flexibility index (Phi) is 37.5. The molecule has 0 bridgehead atoms. The summed E-state index contributed by atoms with van der Waals surface area (Å²) in [5, 5.41) is 0. The Morgan fingerprint density at radius 2 is 0.378 bits per heavy atom. The Balaban J connectivity index is 3.00. The van der Waals surface area contributed by atoms with Crippen LogP contribution in [0.3, 0.4) is 0 Å². The Morgan fingerprint density at radius 3 is 0.568 bits per heavy atom. The predicted octanol–water partition coefficient (Wildman–Crippen LogP) is 14.1. The van der Waals surface area contributed by atoms with Gasteiger partial charge in [0.2, 0.25) is 0 Å². The third-order valence-electron chi connectivity index (χ3n) is 8.71. The standard InChI is InChI=1S/2C18H37.Mg/c2*1-3-5-7-9-11-13-15-17-18-16-14-12-10-8-6-4-2;/h2*1,3-18H2,2H3;. The molecule has 0 nitrogen and oxygen atoms in total. The fourth-order valence-corrected chi connectivity index (χ4v) is 7.75. The van der Waals surface area contributed by atoms with Crippen molar-refractivity contribution in [3.05, 3.63) is 0 Å². The second-order valence-electron chi connectivity index (χ2n) is 12.7. The van der Waals surface area contributed by atoms with Gasteiger partial charge in [-0.15, -0.1) is 9.10 Å². The Morgan fingerprint density at radius 1 is 0.216 bits per heavy atom. The van der Waals surface area contributed by atoms with E-state index in [2.05, 4.69) is 13.8 Å². The van der Waals surface area contributed by atoms with Gasteiger partial charge in [-0.3, -0.25) is 0 Å². The van der Waals surface area contributed by atoms with Crippen LogP contribution >= 0.6 is 0 Å². The van der Waals surface area contributed by atoms with Crippen LogP contribution in [0.2, 0.25) is 9.10 Å². The molecule has 0 amide bonds. The predicted molar refractivity (Wildman–Crippen MR) is 174 cm³/mol. The third kappa shape index (κ3) is 36.8. The van der Waals surface area contributed by atoms with Gasteiger partial charge in [0, 0.05) is 0 Å². The summed E-state index contributed by atoms with van der Waals surface area (Å²) in [4.78, 5) is 0. The zero-order chi connectivity index (χ0) is 26.7. The fourth-order valence-electron chi connectivity index (χ4n) is 5.98. The molecular weight excluding hydrogens is 457 g/mol. The Hall–Kier alpha value is 0.766. The molecule has 220 valence electrons. The van der Waals surface area contributed by atoms with Crippen LogP contribution in [0, 0.1) is 0 Å². The molecule has 0 aromatic carbocycles. The minimum Gasteiger partial charge on any atom is -0.146 e. The van der Waals surface area contributed by atoms with E-state index < -0.39 is 0 Å². The molecule has 1 heteroatoms. The van der Waals surface area contributed by atoms with Crippen LogP contribution in [0.4, 0.5) is 0 Å². The van der Waals surface area contributed by atoms with Gasteiger partial charge in [-0.05, 0) is 0 Å². The maximum absolute atomic E-state index is 2.31. The van der Waals surface area contributed by atoms with Gasteiger partial charge in [0.1, 0.15) is 0 Å². The highest BCUT2D eigenvalue weighted by atomic mass is 24.5. The summed E-state index contributed by atoms with van der Waals surface area (Å²) in [6, 6.07) is 0. The van der Waals surface area contributed by atoms with Crippen LogP contribution in [-0.2, 0) is 0 Å². The number of hydrogen-bond acceptors (Lipinski definition) is 0. The normalized spacial score (nSPS) is 11.3. The lowest BCUT2D eigenvalue weighted by molar-refractivity contribution is 0.531. The first-order valence-corrected chi connectivity index (χ1v) is 20.4. The van der Waals surface area contributed by atoms with E-state index in [9.17, 15) is 0 Å². The molecule has 0 saturated carbocycles. The van der Waals surface area contributed by atoms with Crippen molar-refractivity contribution in [2.45, 2.75) is 228 Å². The SMILES string of the molecule is CCCCCCCCCCCCCCCCC[CH2][Mg][CH2]CCCCCCCCCCCCCCCCC. The van der Waals surface area contributed by atoms with Crippen molar-refractivity contribution in [2.75, 3.05) is 0 Å². The molecule has 0 aliphatic rings. The van der Waals surface area contributed by atoms with Crippen molar-refractivity contribution >= 4 is 20.4 Å². The first kappa shape index (κ1) is 37.8. The van der Waals surface area contributed by atoms with E-state index in [0.29, 0.717) is 0 Å². The number of hydrogen-bond donors (Lipinski definition) is 0. The van der Waals surface area contributed by atoms with Crippen molar-refractivity contribution < 1.29 is 0 Å². The molecule has 0 aliphatic carbocycles. The molecule has 0 radical (unpaired) electrons. The van der Waals surface area contributed by atoms with Gasteiger partial charge < -0.3 is 0 Å². The van der Waals surface area contributed by atoms with E-state index in [4.69, 9.17) is 0 Å². The van der Waals surface area contributed by atoms with Crippen LogP contribution in [0.1, 0.15) is 219 Å². The summed E-state index contributed by atoms with van der Waals surface area (Å²) in [5.74, 6) is 0. The smallest absolute Gasteiger partial charge is 0.146 e. The van der Waals surface area contributed by atoms with Gasteiger partial charge in [0.15, 0.2) is 0 Å². The molecule has 0 aliphatic heterocycles. The summed E-state index contributed by atoms with van der Waals surface area (Å²) in [6.45, 7) is 4.62. The summed E-state index contributed by atoms with van der Waals surface area (Å²) in [7, 11) is 0. The van der Waals surface area contributed by atoms with E-state index in [0.717, 1.165) is 0 Å². The summed E-state index contributed by atoms with van der Waals surface area (Å²) >= 11 is 0.282. The highest BCUT2D eigenvalue weighted by Crippen LogP contribution is 2.16. The quantitative estimate of drug-likeness (QED) is 0.0572. The van der Waals surface area contributed by atoms with Crippen molar-refractivity contribution in [1.82, 2.24) is 0 Å². The molecule has 0 saturated heterocycles. The highest BCUT2D eigenvalue weighted by Gasteiger charge is 1.99. The van der Waals surface area contributed by atoms with Crippen LogP contribution in [-0.4, -0.2) is 20.4 Å². The first-order valence-electron chi connectivity index (χ1n) is 18.4. The first-order chi connectivity index (χ1) is 18.4.